The zero-order valence-corrected chi connectivity index (χ0v) is 15.4. The summed E-state index contributed by atoms with van der Waals surface area (Å²) in [6.45, 7) is 5.67. The van der Waals surface area contributed by atoms with Crippen molar-refractivity contribution in [2.45, 2.75) is 27.1 Å². The van der Waals surface area contributed by atoms with E-state index in [2.05, 4.69) is 5.32 Å². The lowest BCUT2D eigenvalue weighted by Gasteiger charge is -2.18. The molecular formula is C20H18ClNO4. The number of halogens is 1. The van der Waals surface area contributed by atoms with Crippen LogP contribution in [-0.4, -0.2) is 18.2 Å². The summed E-state index contributed by atoms with van der Waals surface area (Å²) in [6.07, 6.45) is -1.22. The SMILES string of the molecule is Cc1ccc(C)c(NC2=C(Cl)C(=O)OC2OC(=O)c2ccccc2C)c1. The summed E-state index contributed by atoms with van der Waals surface area (Å²) >= 11 is 6.08. The van der Waals surface area contributed by atoms with E-state index in [0.29, 0.717) is 5.56 Å². The number of esters is 2. The number of carbonyl (C=O) groups excluding carboxylic acids is 2. The molecule has 2 aromatic carbocycles. The first-order valence-corrected chi connectivity index (χ1v) is 8.46. The molecular weight excluding hydrogens is 354 g/mol. The van der Waals surface area contributed by atoms with Gasteiger partial charge in [0.1, 0.15) is 5.70 Å². The van der Waals surface area contributed by atoms with Gasteiger partial charge in [0.05, 0.1) is 5.56 Å². The van der Waals surface area contributed by atoms with Crippen molar-refractivity contribution in [1.82, 2.24) is 0 Å². The monoisotopic (exact) mass is 371 g/mol. The summed E-state index contributed by atoms with van der Waals surface area (Å²) in [7, 11) is 0. The number of cyclic esters (lactones) is 1. The Bertz CT molecular complexity index is 920. The summed E-state index contributed by atoms with van der Waals surface area (Å²) in [6, 6.07) is 12.8. The van der Waals surface area contributed by atoms with Gasteiger partial charge in [0.2, 0.25) is 0 Å². The first kappa shape index (κ1) is 18.0. The lowest BCUT2D eigenvalue weighted by Crippen LogP contribution is -2.24. The van der Waals surface area contributed by atoms with Crippen molar-refractivity contribution in [1.29, 1.82) is 0 Å². The Morgan fingerprint density at radius 2 is 1.85 bits per heavy atom. The van der Waals surface area contributed by atoms with Crippen molar-refractivity contribution >= 4 is 29.2 Å². The van der Waals surface area contributed by atoms with E-state index in [1.165, 1.54) is 0 Å². The van der Waals surface area contributed by atoms with Gasteiger partial charge in [0.15, 0.2) is 5.03 Å². The van der Waals surface area contributed by atoms with Crippen molar-refractivity contribution in [2.24, 2.45) is 0 Å². The van der Waals surface area contributed by atoms with Crippen LogP contribution in [0.4, 0.5) is 5.69 Å². The Labute approximate surface area is 156 Å². The van der Waals surface area contributed by atoms with Crippen molar-refractivity contribution < 1.29 is 19.1 Å². The number of nitrogens with one attached hydrogen (secondary N) is 1. The minimum atomic E-state index is -1.22. The van der Waals surface area contributed by atoms with Gasteiger partial charge in [-0.2, -0.15) is 0 Å². The van der Waals surface area contributed by atoms with Crippen LogP contribution in [0.25, 0.3) is 0 Å². The van der Waals surface area contributed by atoms with Gasteiger partial charge in [-0.05, 0) is 49.6 Å². The standard InChI is InChI=1S/C20H18ClNO4/c1-11-8-9-13(3)15(10-11)22-17-16(21)19(24)26-20(17)25-18(23)14-7-5-4-6-12(14)2/h4-10,20,22H,1-3H3. The van der Waals surface area contributed by atoms with E-state index in [9.17, 15) is 9.59 Å². The molecule has 26 heavy (non-hydrogen) atoms. The second-order valence-corrected chi connectivity index (χ2v) is 6.51. The van der Waals surface area contributed by atoms with Crippen LogP contribution in [0.15, 0.2) is 53.2 Å². The van der Waals surface area contributed by atoms with Gasteiger partial charge in [0, 0.05) is 5.69 Å². The van der Waals surface area contributed by atoms with E-state index in [1.807, 2.05) is 38.1 Å². The molecule has 1 aliphatic rings. The molecule has 0 amide bonds. The highest BCUT2D eigenvalue weighted by Gasteiger charge is 2.37. The molecule has 1 unspecified atom stereocenters. The average molecular weight is 372 g/mol. The highest BCUT2D eigenvalue weighted by molar-refractivity contribution is 6.42. The first-order chi connectivity index (χ1) is 12.4. The predicted octanol–water partition coefficient (Wildman–Crippen LogP) is 4.21. The summed E-state index contributed by atoms with van der Waals surface area (Å²) in [5.74, 6) is -1.32. The van der Waals surface area contributed by atoms with Crippen LogP contribution in [0.2, 0.25) is 0 Å². The molecule has 0 aromatic heterocycles. The van der Waals surface area contributed by atoms with E-state index in [-0.39, 0.29) is 10.7 Å². The number of rotatable bonds is 4. The maximum atomic E-state index is 12.4. The van der Waals surface area contributed by atoms with Crippen LogP contribution < -0.4 is 5.32 Å². The molecule has 1 heterocycles. The maximum absolute atomic E-state index is 12.4. The number of hydrogen-bond acceptors (Lipinski definition) is 5. The molecule has 134 valence electrons. The molecule has 3 rings (SSSR count). The molecule has 0 fully saturated rings. The van der Waals surface area contributed by atoms with Crippen LogP contribution in [0.3, 0.4) is 0 Å². The molecule has 5 nitrogen and oxygen atoms in total. The largest absolute Gasteiger partial charge is 0.415 e. The molecule has 6 heteroatoms. The topological polar surface area (TPSA) is 64.6 Å². The van der Waals surface area contributed by atoms with E-state index < -0.39 is 18.2 Å². The van der Waals surface area contributed by atoms with Crippen molar-refractivity contribution in [3.8, 4) is 0 Å². The fourth-order valence-corrected chi connectivity index (χ4v) is 2.78. The molecule has 0 saturated heterocycles. The summed E-state index contributed by atoms with van der Waals surface area (Å²) in [5, 5.41) is 2.95. The van der Waals surface area contributed by atoms with Crippen molar-refractivity contribution in [3.63, 3.8) is 0 Å². The summed E-state index contributed by atoms with van der Waals surface area (Å²) in [4.78, 5) is 24.3. The predicted molar refractivity (Wildman–Crippen MR) is 98.9 cm³/mol. The third kappa shape index (κ3) is 3.58. The molecule has 0 aliphatic carbocycles. The van der Waals surface area contributed by atoms with Gasteiger partial charge in [-0.3, -0.25) is 0 Å². The van der Waals surface area contributed by atoms with Crippen LogP contribution in [-0.2, 0) is 14.3 Å². The fraction of sp³-hybridized carbons (Fsp3) is 0.200. The Hall–Kier alpha value is -2.79. The molecule has 0 spiro atoms. The second-order valence-electron chi connectivity index (χ2n) is 6.13. The number of benzene rings is 2. The van der Waals surface area contributed by atoms with Gasteiger partial charge >= 0.3 is 11.9 Å². The quantitative estimate of drug-likeness (QED) is 0.815. The zero-order chi connectivity index (χ0) is 18.8. The molecule has 1 atom stereocenters. The molecule has 1 aliphatic heterocycles. The van der Waals surface area contributed by atoms with Crippen LogP contribution in [0.1, 0.15) is 27.0 Å². The fourth-order valence-electron chi connectivity index (χ4n) is 2.60. The Morgan fingerprint density at radius 1 is 1.12 bits per heavy atom. The van der Waals surface area contributed by atoms with Gasteiger partial charge in [-0.15, -0.1) is 0 Å². The molecule has 0 radical (unpaired) electrons. The Morgan fingerprint density at radius 3 is 2.58 bits per heavy atom. The molecule has 2 aromatic rings. The highest BCUT2D eigenvalue weighted by atomic mass is 35.5. The average Bonchev–Trinajstić information content (AvgIpc) is 2.86. The number of carbonyl (C=O) groups is 2. The van der Waals surface area contributed by atoms with Gasteiger partial charge in [-0.1, -0.05) is 41.9 Å². The van der Waals surface area contributed by atoms with Crippen LogP contribution in [0, 0.1) is 20.8 Å². The van der Waals surface area contributed by atoms with E-state index in [1.54, 1.807) is 25.1 Å². The van der Waals surface area contributed by atoms with E-state index in [0.717, 1.165) is 22.4 Å². The van der Waals surface area contributed by atoms with Crippen LogP contribution >= 0.6 is 11.6 Å². The molecule has 0 saturated carbocycles. The third-order valence-corrected chi connectivity index (χ3v) is 4.46. The van der Waals surface area contributed by atoms with Gasteiger partial charge in [0.25, 0.3) is 6.29 Å². The minimum absolute atomic E-state index is 0.131. The maximum Gasteiger partial charge on any atom is 0.355 e. The smallest absolute Gasteiger partial charge is 0.355 e. The van der Waals surface area contributed by atoms with E-state index in [4.69, 9.17) is 21.1 Å². The van der Waals surface area contributed by atoms with Gasteiger partial charge < -0.3 is 14.8 Å². The first-order valence-electron chi connectivity index (χ1n) is 8.08. The lowest BCUT2D eigenvalue weighted by molar-refractivity contribution is -0.152. The number of aryl methyl sites for hydroxylation is 3. The second kappa shape index (κ2) is 7.22. The Balaban J connectivity index is 1.85. The van der Waals surface area contributed by atoms with Crippen LogP contribution in [0.5, 0.6) is 0 Å². The lowest BCUT2D eigenvalue weighted by atomic mass is 10.1. The summed E-state index contributed by atoms with van der Waals surface area (Å²) < 4.78 is 10.5. The highest BCUT2D eigenvalue weighted by Crippen LogP contribution is 2.30. The number of hydrogen-bond donors (Lipinski definition) is 1. The van der Waals surface area contributed by atoms with Crippen molar-refractivity contribution in [2.75, 3.05) is 5.32 Å². The number of anilines is 1. The summed E-state index contributed by atoms with van der Waals surface area (Å²) in [5.41, 5.74) is 4.13. The molecule has 1 N–H and O–H groups in total. The normalized spacial score (nSPS) is 16.5. The van der Waals surface area contributed by atoms with Gasteiger partial charge in [-0.25, -0.2) is 9.59 Å². The zero-order valence-electron chi connectivity index (χ0n) is 14.6. The number of ether oxygens (including phenoxy) is 2. The minimum Gasteiger partial charge on any atom is -0.415 e. The third-order valence-electron chi connectivity index (χ3n) is 4.11. The van der Waals surface area contributed by atoms with Crippen molar-refractivity contribution in [3.05, 3.63) is 75.4 Å². The molecule has 0 bridgehead atoms. The van der Waals surface area contributed by atoms with E-state index >= 15 is 0 Å². The Kier molecular flexibility index (Phi) is 5.00.